The highest BCUT2D eigenvalue weighted by Gasteiger charge is 2.07. The number of nitrogens with zero attached hydrogens (tertiary/aromatic N) is 1. The van der Waals surface area contributed by atoms with Crippen molar-refractivity contribution in [2.24, 2.45) is 0 Å². The van der Waals surface area contributed by atoms with Gasteiger partial charge < -0.3 is 10.1 Å². The number of pyridine rings is 1. The van der Waals surface area contributed by atoms with Crippen LogP contribution in [0.5, 0.6) is 5.75 Å². The summed E-state index contributed by atoms with van der Waals surface area (Å²) in [4.78, 5) is 4.14. The first-order valence-electron chi connectivity index (χ1n) is 5.78. The number of halogens is 2. The molecule has 0 unspecified atom stereocenters. The van der Waals surface area contributed by atoms with Gasteiger partial charge in [0.15, 0.2) is 0 Å². The molecule has 0 spiro atoms. The SMILES string of the molecule is COc1cc(NCc2cnccc2C)c(Br)cc1Br. The van der Waals surface area contributed by atoms with Gasteiger partial charge >= 0.3 is 0 Å². The van der Waals surface area contributed by atoms with Crippen LogP contribution in [0.15, 0.2) is 39.5 Å². The van der Waals surface area contributed by atoms with Crippen molar-refractivity contribution in [3.63, 3.8) is 0 Å². The summed E-state index contributed by atoms with van der Waals surface area (Å²) in [6.07, 6.45) is 3.68. The predicted octanol–water partition coefficient (Wildman–Crippen LogP) is 4.54. The van der Waals surface area contributed by atoms with Gasteiger partial charge in [0.25, 0.3) is 0 Å². The fourth-order valence-electron chi connectivity index (χ4n) is 1.69. The highest BCUT2D eigenvalue weighted by molar-refractivity contribution is 9.11. The number of nitrogens with one attached hydrogen (secondary N) is 1. The Kier molecular flexibility index (Phi) is 4.82. The lowest BCUT2D eigenvalue weighted by atomic mass is 10.1. The van der Waals surface area contributed by atoms with Gasteiger partial charge in [-0.1, -0.05) is 0 Å². The highest BCUT2D eigenvalue weighted by Crippen LogP contribution is 2.34. The molecular weight excluding hydrogens is 372 g/mol. The molecule has 2 aromatic rings. The largest absolute Gasteiger partial charge is 0.495 e. The van der Waals surface area contributed by atoms with Crippen LogP contribution in [0.25, 0.3) is 0 Å². The van der Waals surface area contributed by atoms with Gasteiger partial charge in [-0.3, -0.25) is 4.98 Å². The lowest BCUT2D eigenvalue weighted by molar-refractivity contribution is 0.412. The van der Waals surface area contributed by atoms with Crippen molar-refractivity contribution < 1.29 is 4.74 Å². The summed E-state index contributed by atoms with van der Waals surface area (Å²) in [6, 6.07) is 5.94. The van der Waals surface area contributed by atoms with E-state index in [1.54, 1.807) is 13.3 Å². The quantitative estimate of drug-likeness (QED) is 0.839. The second kappa shape index (κ2) is 6.39. The molecule has 0 bridgehead atoms. The lowest BCUT2D eigenvalue weighted by Gasteiger charge is -2.12. The summed E-state index contributed by atoms with van der Waals surface area (Å²) in [6.45, 7) is 2.80. The standard InChI is InChI=1S/C14H14Br2N2O/c1-9-3-4-17-7-10(9)8-18-13-6-14(19-2)12(16)5-11(13)15/h3-7,18H,8H2,1-2H3. The van der Waals surface area contributed by atoms with Crippen molar-refractivity contribution in [2.45, 2.75) is 13.5 Å². The van der Waals surface area contributed by atoms with E-state index in [4.69, 9.17) is 4.74 Å². The molecule has 0 radical (unpaired) electrons. The van der Waals surface area contributed by atoms with Gasteiger partial charge in [-0.15, -0.1) is 0 Å². The summed E-state index contributed by atoms with van der Waals surface area (Å²) in [5.74, 6) is 0.800. The van der Waals surface area contributed by atoms with E-state index in [1.807, 2.05) is 24.4 Å². The van der Waals surface area contributed by atoms with Gasteiger partial charge in [0.2, 0.25) is 0 Å². The van der Waals surface area contributed by atoms with Crippen LogP contribution in [0.2, 0.25) is 0 Å². The number of rotatable bonds is 4. The normalized spacial score (nSPS) is 10.3. The number of benzene rings is 1. The van der Waals surface area contributed by atoms with Gasteiger partial charge in [0, 0.05) is 29.5 Å². The average molecular weight is 386 g/mol. The Balaban J connectivity index is 2.18. The van der Waals surface area contributed by atoms with E-state index < -0.39 is 0 Å². The number of ether oxygens (including phenoxy) is 1. The Morgan fingerprint density at radius 2 is 2.05 bits per heavy atom. The van der Waals surface area contributed by atoms with Crippen molar-refractivity contribution in [3.8, 4) is 5.75 Å². The van der Waals surface area contributed by atoms with Gasteiger partial charge in [0.05, 0.1) is 17.3 Å². The first-order chi connectivity index (χ1) is 9.11. The number of anilines is 1. The third-order valence-electron chi connectivity index (χ3n) is 2.86. The smallest absolute Gasteiger partial charge is 0.135 e. The van der Waals surface area contributed by atoms with Gasteiger partial charge in [-0.2, -0.15) is 0 Å². The molecule has 19 heavy (non-hydrogen) atoms. The number of hydrogen-bond acceptors (Lipinski definition) is 3. The topological polar surface area (TPSA) is 34.1 Å². The minimum absolute atomic E-state index is 0.725. The molecule has 0 saturated heterocycles. The molecule has 0 aliphatic heterocycles. The van der Waals surface area contributed by atoms with Crippen molar-refractivity contribution >= 4 is 37.5 Å². The average Bonchev–Trinajstić information content (AvgIpc) is 2.39. The molecule has 1 aromatic carbocycles. The molecule has 3 nitrogen and oxygen atoms in total. The molecule has 0 aliphatic rings. The Labute approximate surface area is 129 Å². The Bertz CT molecular complexity index is 588. The Morgan fingerprint density at radius 1 is 1.26 bits per heavy atom. The summed E-state index contributed by atoms with van der Waals surface area (Å²) in [7, 11) is 1.66. The molecule has 1 aromatic heterocycles. The summed E-state index contributed by atoms with van der Waals surface area (Å²) < 4.78 is 7.21. The maximum atomic E-state index is 5.30. The number of hydrogen-bond donors (Lipinski definition) is 1. The van der Waals surface area contributed by atoms with E-state index in [9.17, 15) is 0 Å². The molecule has 100 valence electrons. The van der Waals surface area contributed by atoms with Crippen LogP contribution in [-0.2, 0) is 6.54 Å². The predicted molar refractivity (Wildman–Crippen MR) is 84.7 cm³/mol. The van der Waals surface area contributed by atoms with E-state index in [1.165, 1.54) is 11.1 Å². The third-order valence-corrected chi connectivity index (χ3v) is 4.13. The monoisotopic (exact) mass is 384 g/mol. The molecule has 0 aliphatic carbocycles. The fraction of sp³-hybridized carbons (Fsp3) is 0.214. The minimum Gasteiger partial charge on any atom is -0.495 e. The van der Waals surface area contributed by atoms with Crippen molar-refractivity contribution in [1.29, 1.82) is 0 Å². The van der Waals surface area contributed by atoms with Crippen LogP contribution in [0, 0.1) is 6.92 Å². The van der Waals surface area contributed by atoms with Crippen LogP contribution in [0.1, 0.15) is 11.1 Å². The maximum absolute atomic E-state index is 5.30. The van der Waals surface area contributed by atoms with Crippen LogP contribution in [0.4, 0.5) is 5.69 Å². The highest BCUT2D eigenvalue weighted by atomic mass is 79.9. The van der Waals surface area contributed by atoms with Gasteiger partial charge in [0.1, 0.15) is 5.75 Å². The van der Waals surface area contributed by atoms with Crippen molar-refractivity contribution in [2.75, 3.05) is 12.4 Å². The number of methoxy groups -OCH3 is 1. The van der Waals surface area contributed by atoms with Crippen LogP contribution >= 0.6 is 31.9 Å². The Morgan fingerprint density at radius 3 is 2.74 bits per heavy atom. The molecule has 0 amide bonds. The molecule has 0 fully saturated rings. The molecule has 5 heteroatoms. The molecule has 1 heterocycles. The van der Waals surface area contributed by atoms with E-state index in [0.29, 0.717) is 0 Å². The second-order valence-corrected chi connectivity index (χ2v) is 5.83. The van der Waals surface area contributed by atoms with Crippen molar-refractivity contribution in [3.05, 3.63) is 50.7 Å². The second-order valence-electron chi connectivity index (χ2n) is 4.12. The summed E-state index contributed by atoms with van der Waals surface area (Å²) >= 11 is 7.00. The van der Waals surface area contributed by atoms with E-state index >= 15 is 0 Å². The van der Waals surface area contributed by atoms with E-state index in [-0.39, 0.29) is 0 Å². The first-order valence-corrected chi connectivity index (χ1v) is 7.37. The molecule has 0 atom stereocenters. The summed E-state index contributed by atoms with van der Waals surface area (Å²) in [5.41, 5.74) is 3.39. The lowest BCUT2D eigenvalue weighted by Crippen LogP contribution is -2.03. The Hall–Kier alpha value is -1.07. The fourth-order valence-corrected chi connectivity index (χ4v) is 2.99. The van der Waals surface area contributed by atoms with Gasteiger partial charge in [-0.25, -0.2) is 0 Å². The van der Waals surface area contributed by atoms with Crippen LogP contribution in [0.3, 0.4) is 0 Å². The zero-order valence-corrected chi connectivity index (χ0v) is 13.9. The number of aromatic nitrogens is 1. The summed E-state index contributed by atoms with van der Waals surface area (Å²) in [5, 5.41) is 3.38. The van der Waals surface area contributed by atoms with E-state index in [2.05, 4.69) is 49.1 Å². The zero-order valence-electron chi connectivity index (χ0n) is 10.7. The minimum atomic E-state index is 0.725. The zero-order chi connectivity index (χ0) is 13.8. The maximum Gasteiger partial charge on any atom is 0.135 e. The van der Waals surface area contributed by atoms with Crippen LogP contribution < -0.4 is 10.1 Å². The first kappa shape index (κ1) is 14.3. The molecule has 1 N–H and O–H groups in total. The van der Waals surface area contributed by atoms with Gasteiger partial charge in [-0.05, 0) is 62.0 Å². The molecule has 0 saturated carbocycles. The molecule has 2 rings (SSSR count). The molecular formula is C14H14Br2N2O. The number of aryl methyl sites for hydroxylation is 1. The van der Waals surface area contributed by atoms with Crippen LogP contribution in [-0.4, -0.2) is 12.1 Å². The third kappa shape index (κ3) is 3.48. The van der Waals surface area contributed by atoms with E-state index in [0.717, 1.165) is 26.9 Å². The van der Waals surface area contributed by atoms with Crippen molar-refractivity contribution in [1.82, 2.24) is 4.98 Å².